The number of hydrogen-bond acceptors (Lipinski definition) is 10. The zero-order valence-electron chi connectivity index (χ0n) is 28.5. The average molecular weight is 673 g/mol. The van der Waals surface area contributed by atoms with E-state index in [2.05, 4.69) is 27.3 Å². The van der Waals surface area contributed by atoms with Gasteiger partial charge in [0, 0.05) is 38.2 Å². The number of benzene rings is 1. The standard InChI is InChI=1S/C34H48N4O8S/c1-9-21(4)15-28(40)38(7)26(20(2)3)17-27(45-22(5)39)32-37-25(19-47-32)31(42)36-24(16-23-13-11-10-12-14-23)30-34(6,46-30)33(43)35-18-29(41)44-8/h10-14,19-21,24,26-27,30H,9,15-18H2,1-8H3,(H,35,43)(H,36,42)/t21-,24-,26+,27+,30?,34?/m0/s1. The van der Waals surface area contributed by atoms with E-state index in [1.807, 2.05) is 51.1 Å². The molecule has 0 radical (unpaired) electrons. The predicted molar refractivity (Wildman–Crippen MR) is 176 cm³/mol. The Bertz CT molecular complexity index is 1400. The monoisotopic (exact) mass is 672 g/mol. The smallest absolute Gasteiger partial charge is 0.325 e. The maximum atomic E-state index is 13.6. The first kappa shape index (κ1) is 37.6. The molecule has 0 saturated carbocycles. The van der Waals surface area contributed by atoms with Crippen LogP contribution in [0.4, 0.5) is 0 Å². The molecule has 1 aliphatic heterocycles. The van der Waals surface area contributed by atoms with Crippen molar-refractivity contribution >= 4 is 41.0 Å². The summed E-state index contributed by atoms with van der Waals surface area (Å²) in [5, 5.41) is 7.54. The largest absolute Gasteiger partial charge is 0.468 e. The molecule has 47 heavy (non-hydrogen) atoms. The number of carbonyl (C=O) groups excluding carboxylic acids is 5. The van der Waals surface area contributed by atoms with Crippen LogP contribution in [0.5, 0.6) is 0 Å². The van der Waals surface area contributed by atoms with Crippen molar-refractivity contribution in [3.05, 3.63) is 52.0 Å². The second-order valence-electron chi connectivity index (χ2n) is 12.6. The number of carbonyl (C=O) groups is 5. The Morgan fingerprint density at radius 2 is 1.81 bits per heavy atom. The quantitative estimate of drug-likeness (QED) is 0.188. The minimum Gasteiger partial charge on any atom is -0.468 e. The first-order valence-electron chi connectivity index (χ1n) is 16.0. The van der Waals surface area contributed by atoms with Crippen LogP contribution in [0.15, 0.2) is 35.7 Å². The number of nitrogens with one attached hydrogen (secondary N) is 2. The molecular formula is C34H48N4O8S. The van der Waals surface area contributed by atoms with E-state index in [0.717, 1.165) is 12.0 Å². The molecule has 3 amide bonds. The van der Waals surface area contributed by atoms with Gasteiger partial charge in [-0.3, -0.25) is 24.0 Å². The van der Waals surface area contributed by atoms with Crippen LogP contribution in [0, 0.1) is 11.8 Å². The fourth-order valence-corrected chi connectivity index (χ4v) is 6.27. The molecule has 2 N–H and O–H groups in total. The molecule has 6 atom stereocenters. The van der Waals surface area contributed by atoms with Gasteiger partial charge in [-0.15, -0.1) is 11.3 Å². The highest BCUT2D eigenvalue weighted by Gasteiger charge is 2.62. The minimum absolute atomic E-state index is 0.0246. The van der Waals surface area contributed by atoms with E-state index >= 15 is 0 Å². The summed E-state index contributed by atoms with van der Waals surface area (Å²) in [5.41, 5.74) is -0.218. The van der Waals surface area contributed by atoms with Gasteiger partial charge in [-0.25, -0.2) is 4.98 Å². The fraction of sp³-hybridized carbons (Fsp3) is 0.588. The zero-order valence-corrected chi connectivity index (χ0v) is 29.3. The summed E-state index contributed by atoms with van der Waals surface area (Å²) in [7, 11) is 3.00. The van der Waals surface area contributed by atoms with Crippen LogP contribution in [0.25, 0.3) is 0 Å². The lowest BCUT2D eigenvalue weighted by Crippen LogP contribution is -2.47. The third-order valence-electron chi connectivity index (χ3n) is 8.58. The number of epoxide rings is 1. The Morgan fingerprint density at radius 1 is 1.13 bits per heavy atom. The third-order valence-corrected chi connectivity index (χ3v) is 9.52. The van der Waals surface area contributed by atoms with Gasteiger partial charge in [-0.05, 0) is 30.7 Å². The van der Waals surface area contributed by atoms with Crippen LogP contribution in [-0.2, 0) is 39.8 Å². The van der Waals surface area contributed by atoms with E-state index in [-0.39, 0.29) is 36.0 Å². The molecule has 2 unspecified atom stereocenters. The molecule has 12 nitrogen and oxygen atoms in total. The molecule has 1 fully saturated rings. The van der Waals surface area contributed by atoms with Gasteiger partial charge in [0.15, 0.2) is 11.7 Å². The van der Waals surface area contributed by atoms with Gasteiger partial charge in [-0.1, -0.05) is 64.4 Å². The van der Waals surface area contributed by atoms with Crippen molar-refractivity contribution in [1.29, 1.82) is 0 Å². The Hall–Kier alpha value is -3.84. The minimum atomic E-state index is -1.27. The van der Waals surface area contributed by atoms with Crippen molar-refractivity contribution < 1.29 is 38.2 Å². The number of rotatable bonds is 17. The predicted octanol–water partition coefficient (Wildman–Crippen LogP) is 3.84. The second kappa shape index (κ2) is 16.8. The van der Waals surface area contributed by atoms with Crippen molar-refractivity contribution in [3.63, 3.8) is 0 Å². The number of hydrogen-bond donors (Lipinski definition) is 2. The number of amides is 3. The Labute approximate surface area is 280 Å². The molecule has 13 heteroatoms. The zero-order chi connectivity index (χ0) is 34.9. The lowest BCUT2D eigenvalue weighted by atomic mass is 9.95. The van der Waals surface area contributed by atoms with Crippen LogP contribution >= 0.6 is 11.3 Å². The van der Waals surface area contributed by atoms with Crippen molar-refractivity contribution in [2.75, 3.05) is 20.7 Å². The average Bonchev–Trinajstić information content (AvgIpc) is 3.49. The molecule has 1 aromatic heterocycles. The molecule has 258 valence electrons. The first-order chi connectivity index (χ1) is 22.2. The lowest BCUT2D eigenvalue weighted by Gasteiger charge is -2.34. The third kappa shape index (κ3) is 10.3. The van der Waals surface area contributed by atoms with Gasteiger partial charge in [0.1, 0.15) is 23.4 Å². The van der Waals surface area contributed by atoms with E-state index in [4.69, 9.17) is 9.47 Å². The first-order valence-corrected chi connectivity index (χ1v) is 16.8. The van der Waals surface area contributed by atoms with Gasteiger partial charge in [0.25, 0.3) is 11.8 Å². The number of methoxy groups -OCH3 is 1. The van der Waals surface area contributed by atoms with E-state index in [0.29, 0.717) is 24.3 Å². The summed E-state index contributed by atoms with van der Waals surface area (Å²) in [5.74, 6) is -1.72. The van der Waals surface area contributed by atoms with E-state index < -0.39 is 47.6 Å². The van der Waals surface area contributed by atoms with Crippen LogP contribution < -0.4 is 10.6 Å². The van der Waals surface area contributed by atoms with Gasteiger partial charge in [0.2, 0.25) is 5.91 Å². The Morgan fingerprint density at radius 3 is 2.40 bits per heavy atom. The van der Waals surface area contributed by atoms with Gasteiger partial charge >= 0.3 is 11.9 Å². The van der Waals surface area contributed by atoms with Gasteiger partial charge in [-0.2, -0.15) is 0 Å². The number of aromatic nitrogens is 1. The highest BCUT2D eigenvalue weighted by Crippen LogP contribution is 2.40. The number of nitrogens with zero attached hydrogens (tertiary/aromatic N) is 2. The molecule has 0 aliphatic carbocycles. The van der Waals surface area contributed by atoms with E-state index in [1.54, 1.807) is 24.3 Å². The molecular weight excluding hydrogens is 624 g/mol. The summed E-state index contributed by atoms with van der Waals surface area (Å²) < 4.78 is 16.1. The van der Waals surface area contributed by atoms with Crippen LogP contribution in [0.1, 0.15) is 88.0 Å². The van der Waals surface area contributed by atoms with E-state index in [1.165, 1.54) is 25.4 Å². The molecule has 1 saturated heterocycles. The summed E-state index contributed by atoms with van der Waals surface area (Å²) in [6, 6.07) is 8.63. The molecule has 1 aromatic carbocycles. The van der Waals surface area contributed by atoms with Gasteiger partial charge in [0.05, 0.1) is 13.2 Å². The summed E-state index contributed by atoms with van der Waals surface area (Å²) in [6.07, 6.45) is 0.576. The maximum absolute atomic E-state index is 13.6. The number of ether oxygens (including phenoxy) is 3. The summed E-state index contributed by atoms with van der Waals surface area (Å²) in [6.45, 7) is 10.7. The Balaban J connectivity index is 1.80. The second-order valence-corrected chi connectivity index (χ2v) is 13.5. The highest BCUT2D eigenvalue weighted by atomic mass is 32.1. The van der Waals surface area contributed by atoms with Gasteiger partial charge < -0.3 is 29.7 Å². The normalized spacial score (nSPS) is 19.6. The highest BCUT2D eigenvalue weighted by molar-refractivity contribution is 7.09. The summed E-state index contributed by atoms with van der Waals surface area (Å²) in [4.78, 5) is 69.5. The maximum Gasteiger partial charge on any atom is 0.325 e. The molecule has 3 rings (SSSR count). The lowest BCUT2D eigenvalue weighted by molar-refractivity contribution is -0.148. The van der Waals surface area contributed by atoms with E-state index in [9.17, 15) is 24.0 Å². The summed E-state index contributed by atoms with van der Waals surface area (Å²) >= 11 is 1.20. The molecule has 2 aromatic rings. The topological polar surface area (TPSA) is 157 Å². The molecule has 0 bridgehead atoms. The molecule has 2 heterocycles. The van der Waals surface area contributed by atoms with Crippen molar-refractivity contribution in [1.82, 2.24) is 20.5 Å². The SMILES string of the molecule is CC[C@H](C)CC(=O)N(C)[C@H](C[C@@H](OC(C)=O)c1nc(C(=O)N[C@@H](Cc2ccccc2)C2OC2(C)C(=O)NCC(=O)OC)cs1)C(C)C. The van der Waals surface area contributed by atoms with Crippen LogP contribution in [0.2, 0.25) is 0 Å². The van der Waals surface area contributed by atoms with Crippen molar-refractivity contribution in [3.8, 4) is 0 Å². The molecule has 1 aliphatic rings. The van der Waals surface area contributed by atoms with Crippen LogP contribution in [0.3, 0.4) is 0 Å². The fourth-order valence-electron chi connectivity index (χ4n) is 5.43. The van der Waals surface area contributed by atoms with Crippen LogP contribution in [-0.4, -0.2) is 84.0 Å². The molecule has 0 spiro atoms. The number of esters is 2. The Kier molecular flexibility index (Phi) is 13.5. The van der Waals surface area contributed by atoms with Crippen molar-refractivity contribution in [2.24, 2.45) is 11.8 Å². The number of thiazole rings is 1. The van der Waals surface area contributed by atoms with Crippen molar-refractivity contribution in [2.45, 2.75) is 97.1 Å².